The third kappa shape index (κ3) is 4.86. The van der Waals surface area contributed by atoms with E-state index in [1.165, 1.54) is 18.2 Å². The molecule has 0 unspecified atom stereocenters. The highest BCUT2D eigenvalue weighted by atomic mass is 32.2. The van der Waals surface area contributed by atoms with Gasteiger partial charge in [-0.3, -0.25) is 14.7 Å². The van der Waals surface area contributed by atoms with Crippen LogP contribution in [0.4, 0.5) is 10.7 Å². The molecular weight excluding hydrogens is 380 g/mol. The van der Waals surface area contributed by atoms with Crippen LogP contribution in [-0.2, 0) is 11.3 Å². The predicted molar refractivity (Wildman–Crippen MR) is 106 cm³/mol. The van der Waals surface area contributed by atoms with Gasteiger partial charge >= 0.3 is 6.03 Å². The lowest BCUT2D eigenvalue weighted by Gasteiger charge is -2.35. The number of nitrogens with one attached hydrogen (secondary N) is 1. The average Bonchev–Trinajstić information content (AvgIpc) is 3.24. The fourth-order valence-electron chi connectivity index (χ4n) is 3.56. The molecule has 1 aliphatic heterocycles. The summed E-state index contributed by atoms with van der Waals surface area (Å²) in [5, 5.41) is 10.9. The first-order valence-corrected chi connectivity index (χ1v) is 10.2. The molecule has 28 heavy (non-hydrogen) atoms. The Morgan fingerprint density at radius 1 is 1.36 bits per heavy atom. The zero-order chi connectivity index (χ0) is 20.3. The van der Waals surface area contributed by atoms with E-state index in [0.717, 1.165) is 24.8 Å². The van der Waals surface area contributed by atoms with Crippen LogP contribution in [0.3, 0.4) is 0 Å². The summed E-state index contributed by atoms with van der Waals surface area (Å²) in [7, 11) is 0. The number of rotatable bonds is 6. The van der Waals surface area contributed by atoms with Crippen molar-refractivity contribution >= 4 is 29.6 Å². The van der Waals surface area contributed by atoms with Crippen molar-refractivity contribution in [1.82, 2.24) is 20.1 Å². The number of carbonyl (C=O) groups excluding carboxylic acids is 2. The van der Waals surface area contributed by atoms with Crippen LogP contribution in [0.25, 0.3) is 0 Å². The number of primary amides is 1. The summed E-state index contributed by atoms with van der Waals surface area (Å²) in [5.74, 6) is 2.20. The van der Waals surface area contributed by atoms with Crippen LogP contribution in [-0.4, -0.2) is 45.0 Å². The molecule has 152 valence electrons. The molecule has 10 heteroatoms. The third-order valence-corrected chi connectivity index (χ3v) is 5.72. The van der Waals surface area contributed by atoms with Gasteiger partial charge in [-0.2, -0.15) is 0 Å². The van der Waals surface area contributed by atoms with Gasteiger partial charge in [0.1, 0.15) is 5.76 Å². The number of anilines is 1. The van der Waals surface area contributed by atoms with Gasteiger partial charge in [-0.25, -0.2) is 4.79 Å². The number of urea groups is 1. The van der Waals surface area contributed by atoms with Gasteiger partial charge in [0, 0.05) is 13.1 Å². The fourth-order valence-corrected chi connectivity index (χ4v) is 4.40. The molecule has 3 heterocycles. The van der Waals surface area contributed by atoms with Gasteiger partial charge in [0.05, 0.1) is 18.1 Å². The normalized spacial score (nSPS) is 20.8. The first-order chi connectivity index (χ1) is 13.3. The summed E-state index contributed by atoms with van der Waals surface area (Å²) in [6.07, 6.45) is 2.81. The molecule has 0 spiro atoms. The number of furan rings is 1. The van der Waals surface area contributed by atoms with E-state index >= 15 is 0 Å². The first kappa shape index (κ1) is 20.2. The Morgan fingerprint density at radius 2 is 2.07 bits per heavy atom. The largest absolute Gasteiger partial charge is 0.467 e. The van der Waals surface area contributed by atoms with Crippen molar-refractivity contribution in [1.29, 1.82) is 0 Å². The van der Waals surface area contributed by atoms with Crippen molar-refractivity contribution in [2.75, 3.05) is 18.0 Å². The number of amides is 3. The van der Waals surface area contributed by atoms with Crippen molar-refractivity contribution in [2.24, 2.45) is 17.6 Å². The zero-order valence-corrected chi connectivity index (χ0v) is 17.1. The SMILES string of the molecule is C[C@@H]1C[C@@H](C)CN(c2nnc(S[C@H](C)C(=O)NC(N)=O)n2Cc2ccco2)C1. The first-order valence-electron chi connectivity index (χ1n) is 9.31. The molecule has 3 N–H and O–H groups in total. The van der Waals surface area contributed by atoms with Gasteiger partial charge in [0.25, 0.3) is 0 Å². The molecule has 0 saturated carbocycles. The van der Waals surface area contributed by atoms with E-state index in [0.29, 0.717) is 23.5 Å². The Kier molecular flexibility index (Phi) is 6.28. The van der Waals surface area contributed by atoms with E-state index in [2.05, 4.69) is 34.3 Å². The number of aromatic nitrogens is 3. The summed E-state index contributed by atoms with van der Waals surface area (Å²) in [5.41, 5.74) is 5.04. The number of piperidine rings is 1. The second-order valence-electron chi connectivity index (χ2n) is 7.41. The van der Waals surface area contributed by atoms with Gasteiger partial charge in [-0.1, -0.05) is 25.6 Å². The molecule has 3 atom stereocenters. The number of nitrogens with zero attached hydrogens (tertiary/aromatic N) is 4. The minimum atomic E-state index is -0.869. The standard InChI is InChI=1S/C18H26N6O3S/c1-11-7-12(2)9-23(8-11)17-21-22-18(24(17)10-14-5-4-6-27-14)28-13(3)15(25)20-16(19)26/h4-6,11-13H,7-10H2,1-3H3,(H3,19,20,25,26)/t11-,12-,13-/m1/s1. The lowest BCUT2D eigenvalue weighted by Crippen LogP contribution is -2.40. The molecule has 0 aliphatic carbocycles. The maximum Gasteiger partial charge on any atom is 0.318 e. The predicted octanol–water partition coefficient (Wildman–Crippen LogP) is 2.08. The van der Waals surface area contributed by atoms with Crippen LogP contribution >= 0.6 is 11.8 Å². The summed E-state index contributed by atoms with van der Waals surface area (Å²) in [6.45, 7) is 8.44. The molecule has 1 fully saturated rings. The summed E-state index contributed by atoms with van der Waals surface area (Å²) < 4.78 is 7.47. The Balaban J connectivity index is 1.86. The number of thioether (sulfide) groups is 1. The molecular formula is C18H26N6O3S. The quantitative estimate of drug-likeness (QED) is 0.705. The van der Waals surface area contributed by atoms with Crippen LogP contribution in [0.5, 0.6) is 0 Å². The molecule has 3 amide bonds. The monoisotopic (exact) mass is 406 g/mol. The maximum atomic E-state index is 12.1. The second kappa shape index (κ2) is 8.68. The fraction of sp³-hybridized carbons (Fsp3) is 0.556. The van der Waals surface area contributed by atoms with Crippen LogP contribution in [0.1, 0.15) is 33.0 Å². The molecule has 0 radical (unpaired) electrons. The Hall–Kier alpha value is -2.49. The van der Waals surface area contributed by atoms with Gasteiger partial charge in [-0.05, 0) is 37.3 Å². The number of hydrogen-bond acceptors (Lipinski definition) is 7. The highest BCUT2D eigenvalue weighted by molar-refractivity contribution is 8.00. The van der Waals surface area contributed by atoms with Crippen LogP contribution in [0.2, 0.25) is 0 Å². The minimum Gasteiger partial charge on any atom is -0.467 e. The minimum absolute atomic E-state index is 0.459. The smallest absolute Gasteiger partial charge is 0.318 e. The lowest BCUT2D eigenvalue weighted by molar-refractivity contribution is -0.119. The number of nitrogens with two attached hydrogens (primary N) is 1. The van der Waals surface area contributed by atoms with Crippen molar-refractivity contribution in [3.8, 4) is 0 Å². The van der Waals surface area contributed by atoms with E-state index in [1.807, 2.05) is 16.7 Å². The van der Waals surface area contributed by atoms with Crippen molar-refractivity contribution in [3.63, 3.8) is 0 Å². The van der Waals surface area contributed by atoms with E-state index in [-0.39, 0.29) is 0 Å². The van der Waals surface area contributed by atoms with Gasteiger partial charge in [0.15, 0.2) is 5.16 Å². The summed E-state index contributed by atoms with van der Waals surface area (Å²) >= 11 is 1.23. The number of carbonyl (C=O) groups is 2. The zero-order valence-electron chi connectivity index (χ0n) is 16.3. The molecule has 1 aliphatic rings. The molecule has 2 aromatic heterocycles. The highest BCUT2D eigenvalue weighted by Crippen LogP contribution is 2.30. The van der Waals surface area contributed by atoms with Crippen molar-refractivity contribution in [2.45, 2.75) is 44.1 Å². The number of imide groups is 1. The average molecular weight is 407 g/mol. The molecule has 2 aromatic rings. The Labute approximate surface area is 168 Å². The summed E-state index contributed by atoms with van der Waals surface area (Å²) in [6, 6.07) is 2.86. The Bertz CT molecular complexity index is 811. The lowest BCUT2D eigenvalue weighted by atomic mass is 9.92. The van der Waals surface area contributed by atoms with Gasteiger partial charge < -0.3 is 15.1 Å². The maximum absolute atomic E-state index is 12.1. The van der Waals surface area contributed by atoms with E-state index in [4.69, 9.17) is 10.2 Å². The summed E-state index contributed by atoms with van der Waals surface area (Å²) in [4.78, 5) is 25.3. The third-order valence-electron chi connectivity index (χ3n) is 4.64. The van der Waals surface area contributed by atoms with E-state index in [1.54, 1.807) is 13.2 Å². The molecule has 0 bridgehead atoms. The second-order valence-corrected chi connectivity index (χ2v) is 8.72. The molecule has 1 saturated heterocycles. The van der Waals surface area contributed by atoms with Gasteiger partial charge in [0.2, 0.25) is 11.9 Å². The van der Waals surface area contributed by atoms with Crippen LogP contribution in [0.15, 0.2) is 28.0 Å². The van der Waals surface area contributed by atoms with E-state index in [9.17, 15) is 9.59 Å². The Morgan fingerprint density at radius 3 is 2.68 bits per heavy atom. The van der Waals surface area contributed by atoms with Crippen molar-refractivity contribution in [3.05, 3.63) is 24.2 Å². The van der Waals surface area contributed by atoms with Crippen LogP contribution in [0, 0.1) is 11.8 Å². The molecule has 0 aromatic carbocycles. The van der Waals surface area contributed by atoms with Crippen LogP contribution < -0.4 is 16.0 Å². The topological polar surface area (TPSA) is 119 Å². The van der Waals surface area contributed by atoms with Crippen molar-refractivity contribution < 1.29 is 14.0 Å². The highest BCUT2D eigenvalue weighted by Gasteiger charge is 2.28. The molecule has 3 rings (SSSR count). The van der Waals surface area contributed by atoms with Gasteiger partial charge in [-0.15, -0.1) is 10.2 Å². The number of hydrogen-bond donors (Lipinski definition) is 2. The molecule has 9 nitrogen and oxygen atoms in total. The van der Waals surface area contributed by atoms with E-state index < -0.39 is 17.2 Å².